The van der Waals surface area contributed by atoms with E-state index in [4.69, 9.17) is 4.98 Å². The zero-order valence-electron chi connectivity index (χ0n) is 17.6. The first kappa shape index (κ1) is 19.4. The van der Waals surface area contributed by atoms with Crippen molar-refractivity contribution in [2.24, 2.45) is 0 Å². The van der Waals surface area contributed by atoms with E-state index < -0.39 is 0 Å². The number of hydrogen-bond donors (Lipinski definition) is 3. The van der Waals surface area contributed by atoms with Crippen LogP contribution in [-0.2, 0) is 4.79 Å². The summed E-state index contributed by atoms with van der Waals surface area (Å²) in [6.45, 7) is 6.10. The van der Waals surface area contributed by atoms with Crippen LogP contribution in [0.5, 0.6) is 0 Å². The van der Waals surface area contributed by atoms with Crippen molar-refractivity contribution in [2.45, 2.75) is 44.7 Å². The largest absolute Gasteiger partial charge is 0.367 e. The molecule has 3 N–H and O–H groups in total. The highest BCUT2D eigenvalue weighted by atomic mass is 16.1. The fraction of sp³-hybridized carbons (Fsp3) is 0.292. The third kappa shape index (κ3) is 4.03. The maximum absolute atomic E-state index is 11.7. The molecule has 1 saturated heterocycles. The lowest BCUT2D eigenvalue weighted by Crippen LogP contribution is -2.13. The SMILES string of the molecule is C=C1NC(=O)C/C1=C\c1cnn2c(NC3CC3)cc(N[C@@H](CC)c3ccccc3)nc12. The number of rotatable bonds is 7. The summed E-state index contributed by atoms with van der Waals surface area (Å²) in [6, 6.07) is 13.1. The van der Waals surface area contributed by atoms with Gasteiger partial charge in [0, 0.05) is 23.4 Å². The van der Waals surface area contributed by atoms with Gasteiger partial charge in [0.05, 0.1) is 18.7 Å². The summed E-state index contributed by atoms with van der Waals surface area (Å²) < 4.78 is 1.84. The molecule has 2 aliphatic rings. The first-order valence-corrected chi connectivity index (χ1v) is 10.8. The lowest BCUT2D eigenvalue weighted by Gasteiger charge is -2.19. The van der Waals surface area contributed by atoms with Crippen molar-refractivity contribution in [1.82, 2.24) is 19.9 Å². The summed E-state index contributed by atoms with van der Waals surface area (Å²) in [6.07, 6.45) is 7.34. The molecule has 7 nitrogen and oxygen atoms in total. The molecule has 158 valence electrons. The molecule has 1 aliphatic carbocycles. The highest BCUT2D eigenvalue weighted by Crippen LogP contribution is 2.30. The van der Waals surface area contributed by atoms with E-state index in [1.54, 1.807) is 6.20 Å². The van der Waals surface area contributed by atoms with E-state index in [2.05, 4.69) is 58.8 Å². The molecule has 0 bridgehead atoms. The molecule has 7 heteroatoms. The highest BCUT2D eigenvalue weighted by Gasteiger charge is 2.24. The number of nitrogens with zero attached hydrogens (tertiary/aromatic N) is 3. The van der Waals surface area contributed by atoms with E-state index in [0.29, 0.717) is 18.2 Å². The van der Waals surface area contributed by atoms with Crippen molar-refractivity contribution in [1.29, 1.82) is 0 Å². The molecule has 0 spiro atoms. The number of benzene rings is 1. The highest BCUT2D eigenvalue weighted by molar-refractivity contribution is 5.89. The molecule has 0 radical (unpaired) electrons. The van der Waals surface area contributed by atoms with Crippen LogP contribution in [0.15, 0.2) is 60.4 Å². The number of anilines is 2. The molecule has 1 atom stereocenters. The van der Waals surface area contributed by atoms with Gasteiger partial charge < -0.3 is 16.0 Å². The normalized spacial score (nSPS) is 18.4. The van der Waals surface area contributed by atoms with E-state index in [-0.39, 0.29) is 11.9 Å². The fourth-order valence-corrected chi connectivity index (χ4v) is 3.88. The summed E-state index contributed by atoms with van der Waals surface area (Å²) in [5, 5.41) is 14.5. The van der Waals surface area contributed by atoms with Gasteiger partial charge in [0.2, 0.25) is 5.91 Å². The molecule has 1 amide bonds. The molecular formula is C24H26N6O. The zero-order valence-corrected chi connectivity index (χ0v) is 17.6. The number of carbonyl (C=O) groups is 1. The van der Waals surface area contributed by atoms with Gasteiger partial charge in [-0.05, 0) is 36.5 Å². The van der Waals surface area contributed by atoms with Crippen LogP contribution in [0, 0.1) is 0 Å². The maximum Gasteiger partial charge on any atom is 0.228 e. The Hall–Kier alpha value is -3.61. The molecule has 5 rings (SSSR count). The quantitative estimate of drug-likeness (QED) is 0.537. The minimum atomic E-state index is -0.0345. The smallest absolute Gasteiger partial charge is 0.228 e. The van der Waals surface area contributed by atoms with Crippen molar-refractivity contribution in [2.75, 3.05) is 10.6 Å². The van der Waals surface area contributed by atoms with Gasteiger partial charge >= 0.3 is 0 Å². The Morgan fingerprint density at radius 2 is 2.13 bits per heavy atom. The van der Waals surface area contributed by atoms with Crippen LogP contribution in [0.3, 0.4) is 0 Å². The Bertz CT molecular complexity index is 1180. The van der Waals surface area contributed by atoms with E-state index >= 15 is 0 Å². The standard InChI is InChI=1S/C24H26N6O/c1-3-20(16-7-5-4-6-8-16)28-21-13-22(27-19-9-10-19)30-24(29-21)18(14-25-30)11-17-12-23(31)26-15(17)2/h4-8,11,13-14,19-20,27H,2-3,9-10,12H2,1H3,(H,26,31)(H,28,29)/b17-11+/t20-/m0/s1. The molecule has 2 aromatic heterocycles. The van der Waals surface area contributed by atoms with Crippen LogP contribution >= 0.6 is 0 Å². The van der Waals surface area contributed by atoms with Crippen LogP contribution in [0.2, 0.25) is 0 Å². The first-order valence-electron chi connectivity index (χ1n) is 10.8. The van der Waals surface area contributed by atoms with Crippen molar-refractivity contribution in [3.8, 4) is 0 Å². The monoisotopic (exact) mass is 414 g/mol. The van der Waals surface area contributed by atoms with E-state index in [1.807, 2.05) is 22.7 Å². The van der Waals surface area contributed by atoms with Gasteiger partial charge in [0.15, 0.2) is 5.65 Å². The minimum Gasteiger partial charge on any atom is -0.367 e. The van der Waals surface area contributed by atoms with Gasteiger partial charge in [0.1, 0.15) is 11.6 Å². The number of hydrogen-bond acceptors (Lipinski definition) is 5. The fourth-order valence-electron chi connectivity index (χ4n) is 3.88. The molecule has 31 heavy (non-hydrogen) atoms. The molecule has 0 unspecified atom stereocenters. The average Bonchev–Trinajstić information content (AvgIpc) is 3.41. The van der Waals surface area contributed by atoms with E-state index in [0.717, 1.165) is 34.8 Å². The molecule has 3 aromatic rings. The van der Waals surface area contributed by atoms with Crippen LogP contribution in [0.1, 0.15) is 49.8 Å². The van der Waals surface area contributed by atoms with Crippen LogP contribution in [-0.4, -0.2) is 26.5 Å². The van der Waals surface area contributed by atoms with Crippen molar-refractivity contribution in [3.05, 3.63) is 71.6 Å². The van der Waals surface area contributed by atoms with Crippen LogP contribution in [0.25, 0.3) is 11.7 Å². The summed E-state index contributed by atoms with van der Waals surface area (Å²) in [5.74, 6) is 1.68. The molecule has 1 aliphatic heterocycles. The van der Waals surface area contributed by atoms with Gasteiger partial charge in [-0.3, -0.25) is 4.79 Å². The minimum absolute atomic E-state index is 0.0345. The molecule has 1 saturated carbocycles. The van der Waals surface area contributed by atoms with Gasteiger partial charge in [-0.25, -0.2) is 4.98 Å². The van der Waals surface area contributed by atoms with E-state index in [1.165, 1.54) is 18.4 Å². The number of amides is 1. The zero-order chi connectivity index (χ0) is 21.4. The van der Waals surface area contributed by atoms with Crippen LogP contribution < -0.4 is 16.0 Å². The van der Waals surface area contributed by atoms with Crippen molar-refractivity contribution < 1.29 is 4.79 Å². The Labute approximate surface area is 181 Å². The summed E-state index contributed by atoms with van der Waals surface area (Å²) in [7, 11) is 0. The van der Waals surface area contributed by atoms with Gasteiger partial charge in [-0.15, -0.1) is 0 Å². The Kier molecular flexibility index (Phi) is 4.94. The predicted octanol–water partition coefficient (Wildman–Crippen LogP) is 4.28. The Balaban J connectivity index is 1.54. The van der Waals surface area contributed by atoms with E-state index in [9.17, 15) is 4.79 Å². The molecule has 3 heterocycles. The van der Waals surface area contributed by atoms with Gasteiger partial charge in [0.25, 0.3) is 0 Å². The first-order chi connectivity index (χ1) is 15.1. The topological polar surface area (TPSA) is 83.4 Å². The van der Waals surface area contributed by atoms with Crippen molar-refractivity contribution in [3.63, 3.8) is 0 Å². The number of fused-ring (bicyclic) bond motifs is 1. The molecule has 2 fully saturated rings. The second-order valence-corrected chi connectivity index (χ2v) is 8.17. The van der Waals surface area contributed by atoms with Gasteiger partial charge in [-0.1, -0.05) is 43.8 Å². The lowest BCUT2D eigenvalue weighted by atomic mass is 10.0. The third-order valence-corrected chi connectivity index (χ3v) is 5.72. The Morgan fingerprint density at radius 1 is 1.32 bits per heavy atom. The molecular weight excluding hydrogens is 388 g/mol. The number of allylic oxidation sites excluding steroid dienone is 1. The number of carbonyl (C=O) groups excluding carboxylic acids is 1. The van der Waals surface area contributed by atoms with Crippen molar-refractivity contribution >= 4 is 29.3 Å². The van der Waals surface area contributed by atoms with Gasteiger partial charge in [-0.2, -0.15) is 9.61 Å². The molecule has 1 aromatic carbocycles. The third-order valence-electron chi connectivity index (χ3n) is 5.72. The second-order valence-electron chi connectivity index (χ2n) is 8.17. The summed E-state index contributed by atoms with van der Waals surface area (Å²) in [5.41, 5.74) is 4.35. The number of aromatic nitrogens is 3. The average molecular weight is 415 g/mol. The Morgan fingerprint density at radius 3 is 2.81 bits per heavy atom. The number of nitrogens with one attached hydrogen (secondary N) is 3. The summed E-state index contributed by atoms with van der Waals surface area (Å²) >= 11 is 0. The second kappa shape index (κ2) is 7.91. The summed E-state index contributed by atoms with van der Waals surface area (Å²) in [4.78, 5) is 16.6. The maximum atomic E-state index is 11.7. The lowest BCUT2D eigenvalue weighted by molar-refractivity contribution is -0.118. The van der Waals surface area contributed by atoms with Crippen LogP contribution in [0.4, 0.5) is 11.6 Å². The predicted molar refractivity (Wildman–Crippen MR) is 123 cm³/mol.